The standard InChI is InChI=1S/C19H15NO2S/c1-13-12-14(16-7-3-2-6-15(13)16)10-11-18-17-8-4-5-9-19(17)23(21,22)20-18/h2-13H,1H3. The van der Waals surface area contributed by atoms with Crippen LogP contribution in [0.4, 0.5) is 0 Å². The van der Waals surface area contributed by atoms with Crippen molar-refractivity contribution < 1.29 is 8.42 Å². The minimum absolute atomic E-state index is 0.286. The van der Waals surface area contributed by atoms with Crippen LogP contribution in [-0.4, -0.2) is 14.1 Å². The van der Waals surface area contributed by atoms with Crippen molar-refractivity contribution in [2.45, 2.75) is 17.7 Å². The molecule has 1 aliphatic carbocycles. The van der Waals surface area contributed by atoms with Gasteiger partial charge in [0.05, 0.1) is 10.6 Å². The lowest BCUT2D eigenvalue weighted by Crippen LogP contribution is -1.94. The van der Waals surface area contributed by atoms with E-state index < -0.39 is 10.0 Å². The summed E-state index contributed by atoms with van der Waals surface area (Å²) in [7, 11) is -3.55. The van der Waals surface area contributed by atoms with Gasteiger partial charge in [-0.05, 0) is 28.8 Å². The molecule has 1 heterocycles. The van der Waals surface area contributed by atoms with Crippen molar-refractivity contribution in [3.05, 3.63) is 83.4 Å². The Bertz CT molecular complexity index is 998. The van der Waals surface area contributed by atoms with Gasteiger partial charge in [0.25, 0.3) is 10.0 Å². The summed E-state index contributed by atoms with van der Waals surface area (Å²) in [5.74, 6) is 0.368. The van der Waals surface area contributed by atoms with Crippen LogP contribution in [0.1, 0.15) is 29.5 Å². The summed E-state index contributed by atoms with van der Waals surface area (Å²) in [6.07, 6.45) is 5.94. The van der Waals surface area contributed by atoms with E-state index in [0.717, 1.165) is 5.57 Å². The predicted octanol–water partition coefficient (Wildman–Crippen LogP) is 3.93. The number of sulfonamides is 1. The van der Waals surface area contributed by atoms with Crippen LogP contribution in [0, 0.1) is 0 Å². The van der Waals surface area contributed by atoms with Gasteiger partial charge in [0.1, 0.15) is 0 Å². The van der Waals surface area contributed by atoms with Gasteiger partial charge in [-0.25, -0.2) is 0 Å². The molecule has 2 aliphatic rings. The fourth-order valence-corrected chi connectivity index (χ4v) is 4.39. The van der Waals surface area contributed by atoms with Gasteiger partial charge in [0.15, 0.2) is 0 Å². The van der Waals surface area contributed by atoms with E-state index >= 15 is 0 Å². The molecule has 2 aromatic rings. The number of hydrogen-bond donors (Lipinski definition) is 0. The van der Waals surface area contributed by atoms with Crippen molar-refractivity contribution in [2.75, 3.05) is 0 Å². The molecule has 114 valence electrons. The third kappa shape index (κ3) is 2.26. The van der Waals surface area contributed by atoms with Gasteiger partial charge in [0, 0.05) is 11.5 Å². The number of fused-ring (bicyclic) bond motifs is 2. The zero-order valence-electron chi connectivity index (χ0n) is 12.6. The van der Waals surface area contributed by atoms with E-state index in [4.69, 9.17) is 0 Å². The Morgan fingerprint density at radius 2 is 1.65 bits per heavy atom. The number of hydrogen-bond acceptors (Lipinski definition) is 2. The molecule has 4 heteroatoms. The highest BCUT2D eigenvalue weighted by Crippen LogP contribution is 2.36. The molecule has 3 nitrogen and oxygen atoms in total. The highest BCUT2D eigenvalue weighted by atomic mass is 32.2. The van der Waals surface area contributed by atoms with E-state index in [2.05, 4.69) is 29.5 Å². The minimum Gasteiger partial charge on any atom is -0.199 e. The molecule has 4 rings (SSSR count). The molecule has 0 saturated heterocycles. The first-order valence-electron chi connectivity index (χ1n) is 7.50. The minimum atomic E-state index is -3.55. The van der Waals surface area contributed by atoms with Crippen LogP contribution in [-0.2, 0) is 10.0 Å². The maximum absolute atomic E-state index is 12.1. The summed E-state index contributed by atoms with van der Waals surface area (Å²) in [4.78, 5) is 0.286. The average Bonchev–Trinajstić information content (AvgIpc) is 3.01. The summed E-state index contributed by atoms with van der Waals surface area (Å²) < 4.78 is 28.0. The van der Waals surface area contributed by atoms with Gasteiger partial charge in [-0.3, -0.25) is 0 Å². The number of benzene rings is 2. The summed E-state index contributed by atoms with van der Waals surface area (Å²) in [5.41, 5.74) is 4.78. The molecule has 1 unspecified atom stereocenters. The molecule has 1 atom stereocenters. The molecule has 0 fully saturated rings. The SMILES string of the molecule is CC1C=C(C=CC2=NS(=O)(=O)c3ccccc32)c2ccccc21. The van der Waals surface area contributed by atoms with Crippen molar-refractivity contribution in [3.63, 3.8) is 0 Å². The molecular formula is C19H15NO2S. The van der Waals surface area contributed by atoms with E-state index in [0.29, 0.717) is 17.2 Å². The average molecular weight is 321 g/mol. The Hall–Kier alpha value is -2.46. The molecule has 0 radical (unpaired) electrons. The molecule has 0 bridgehead atoms. The maximum atomic E-state index is 12.1. The van der Waals surface area contributed by atoms with Gasteiger partial charge in [-0.15, -0.1) is 0 Å². The topological polar surface area (TPSA) is 46.5 Å². The molecule has 0 N–H and O–H groups in total. The van der Waals surface area contributed by atoms with Crippen LogP contribution < -0.4 is 0 Å². The zero-order valence-corrected chi connectivity index (χ0v) is 13.4. The van der Waals surface area contributed by atoms with Crippen molar-refractivity contribution in [1.29, 1.82) is 0 Å². The van der Waals surface area contributed by atoms with Gasteiger partial charge < -0.3 is 0 Å². The highest BCUT2D eigenvalue weighted by Gasteiger charge is 2.27. The first kappa shape index (κ1) is 14.2. The van der Waals surface area contributed by atoms with Crippen LogP contribution in [0.25, 0.3) is 5.57 Å². The molecule has 0 amide bonds. The summed E-state index contributed by atoms with van der Waals surface area (Å²) >= 11 is 0. The van der Waals surface area contributed by atoms with Crippen LogP contribution in [0.15, 0.2) is 76.1 Å². The van der Waals surface area contributed by atoms with E-state index in [1.807, 2.05) is 24.3 Å². The first-order chi connectivity index (χ1) is 11.1. The van der Waals surface area contributed by atoms with E-state index in [1.54, 1.807) is 24.3 Å². The Morgan fingerprint density at radius 3 is 2.48 bits per heavy atom. The van der Waals surface area contributed by atoms with E-state index in [1.165, 1.54) is 11.1 Å². The predicted molar refractivity (Wildman–Crippen MR) is 92.1 cm³/mol. The number of allylic oxidation sites excluding steroid dienone is 4. The monoisotopic (exact) mass is 321 g/mol. The lowest BCUT2D eigenvalue weighted by molar-refractivity contribution is 0.599. The van der Waals surface area contributed by atoms with Gasteiger partial charge in [-0.1, -0.05) is 61.5 Å². The quantitative estimate of drug-likeness (QED) is 0.841. The Kier molecular flexibility index (Phi) is 3.10. The fraction of sp³-hybridized carbons (Fsp3) is 0.105. The third-order valence-electron chi connectivity index (χ3n) is 4.27. The van der Waals surface area contributed by atoms with E-state index in [9.17, 15) is 8.42 Å². The maximum Gasteiger partial charge on any atom is 0.283 e. The lowest BCUT2D eigenvalue weighted by Gasteiger charge is -2.03. The smallest absolute Gasteiger partial charge is 0.199 e. The Morgan fingerprint density at radius 1 is 0.957 bits per heavy atom. The molecule has 23 heavy (non-hydrogen) atoms. The largest absolute Gasteiger partial charge is 0.283 e. The van der Waals surface area contributed by atoms with Gasteiger partial charge in [-0.2, -0.15) is 12.8 Å². The second-order valence-corrected chi connectivity index (χ2v) is 7.35. The zero-order chi connectivity index (χ0) is 16.0. The molecule has 0 aromatic heterocycles. The summed E-state index contributed by atoms with van der Waals surface area (Å²) in [6, 6.07) is 15.2. The molecule has 0 spiro atoms. The molecule has 1 aliphatic heterocycles. The molecular weight excluding hydrogens is 306 g/mol. The van der Waals surface area contributed by atoms with Crippen LogP contribution in [0.5, 0.6) is 0 Å². The lowest BCUT2D eigenvalue weighted by atomic mass is 10.0. The van der Waals surface area contributed by atoms with E-state index in [-0.39, 0.29) is 4.90 Å². The van der Waals surface area contributed by atoms with Gasteiger partial charge >= 0.3 is 0 Å². The van der Waals surface area contributed by atoms with Crippen LogP contribution >= 0.6 is 0 Å². The molecule has 0 saturated carbocycles. The summed E-state index contributed by atoms with van der Waals surface area (Å²) in [5, 5.41) is 0. The Labute approximate surface area is 135 Å². The highest BCUT2D eigenvalue weighted by molar-refractivity contribution is 7.90. The van der Waals surface area contributed by atoms with Crippen LogP contribution in [0.3, 0.4) is 0 Å². The second kappa shape index (κ2) is 5.03. The summed E-state index contributed by atoms with van der Waals surface area (Å²) in [6.45, 7) is 2.16. The van der Waals surface area contributed by atoms with Crippen molar-refractivity contribution in [2.24, 2.45) is 4.40 Å². The molecule has 2 aromatic carbocycles. The second-order valence-electron chi connectivity index (χ2n) is 5.78. The number of rotatable bonds is 2. The number of nitrogens with zero attached hydrogens (tertiary/aromatic N) is 1. The third-order valence-corrected chi connectivity index (χ3v) is 5.62. The van der Waals surface area contributed by atoms with Crippen molar-refractivity contribution in [1.82, 2.24) is 0 Å². The first-order valence-corrected chi connectivity index (χ1v) is 8.94. The Balaban J connectivity index is 1.73. The normalized spacial score (nSPS) is 21.0. The van der Waals surface area contributed by atoms with Crippen LogP contribution in [0.2, 0.25) is 0 Å². The van der Waals surface area contributed by atoms with Gasteiger partial charge in [0.2, 0.25) is 0 Å². The fourth-order valence-electron chi connectivity index (χ4n) is 3.17. The van der Waals surface area contributed by atoms with Crippen molar-refractivity contribution in [3.8, 4) is 0 Å². The van der Waals surface area contributed by atoms with Crippen molar-refractivity contribution >= 4 is 21.3 Å².